The Morgan fingerprint density at radius 3 is 2.79 bits per heavy atom. The monoisotopic (exact) mass is 448 g/mol. The summed E-state index contributed by atoms with van der Waals surface area (Å²) < 4.78 is 1.99. The van der Waals surface area contributed by atoms with Crippen LogP contribution < -0.4 is 16.0 Å². The zero-order valence-electron chi connectivity index (χ0n) is 18.8. The number of imidazole rings is 1. The summed E-state index contributed by atoms with van der Waals surface area (Å²) in [4.78, 5) is 44.8. The molecule has 3 heterocycles. The SMILES string of the molecule is CC1(C)CNC(=O)c2cc3ccc(C(=O)Nc4c[nH]c(CC(=O)NC5CCCC5)n4)cc3n21. The Morgan fingerprint density at radius 2 is 2.00 bits per heavy atom. The highest BCUT2D eigenvalue weighted by Gasteiger charge is 2.32. The van der Waals surface area contributed by atoms with Crippen LogP contribution in [0.5, 0.6) is 0 Å². The van der Waals surface area contributed by atoms with Crippen LogP contribution in [0, 0.1) is 0 Å². The second kappa shape index (κ2) is 8.06. The van der Waals surface area contributed by atoms with Gasteiger partial charge in [0.15, 0.2) is 5.82 Å². The van der Waals surface area contributed by atoms with Crippen molar-refractivity contribution in [3.8, 4) is 0 Å². The van der Waals surface area contributed by atoms with Crippen molar-refractivity contribution in [1.29, 1.82) is 0 Å². The van der Waals surface area contributed by atoms with Gasteiger partial charge in [0.1, 0.15) is 11.5 Å². The van der Waals surface area contributed by atoms with E-state index in [-0.39, 0.29) is 35.7 Å². The van der Waals surface area contributed by atoms with E-state index in [0.717, 1.165) is 36.6 Å². The second-order valence-corrected chi connectivity index (χ2v) is 9.55. The molecule has 2 aromatic heterocycles. The molecule has 0 atom stereocenters. The number of hydrogen-bond donors (Lipinski definition) is 4. The molecule has 33 heavy (non-hydrogen) atoms. The predicted molar refractivity (Wildman–Crippen MR) is 124 cm³/mol. The Bertz CT molecular complexity index is 1250. The van der Waals surface area contributed by atoms with E-state index in [2.05, 4.69) is 39.8 Å². The normalized spacial score (nSPS) is 17.6. The van der Waals surface area contributed by atoms with E-state index >= 15 is 0 Å². The largest absolute Gasteiger partial charge is 0.353 e. The van der Waals surface area contributed by atoms with Crippen LogP contribution in [0.25, 0.3) is 10.9 Å². The number of benzene rings is 1. The average molecular weight is 449 g/mol. The van der Waals surface area contributed by atoms with Gasteiger partial charge in [0.25, 0.3) is 11.8 Å². The molecule has 0 saturated heterocycles. The summed E-state index contributed by atoms with van der Waals surface area (Å²) in [6.07, 6.45) is 6.10. The van der Waals surface area contributed by atoms with Gasteiger partial charge in [-0.15, -0.1) is 0 Å². The molecule has 0 radical (unpaired) electrons. The van der Waals surface area contributed by atoms with Gasteiger partial charge in [-0.05, 0) is 44.9 Å². The number of carbonyl (C=O) groups is 3. The summed E-state index contributed by atoms with van der Waals surface area (Å²) in [5, 5.41) is 9.65. The Hall–Kier alpha value is -3.62. The molecule has 3 amide bonds. The number of fused-ring (bicyclic) bond motifs is 3. The molecule has 9 heteroatoms. The quantitative estimate of drug-likeness (QED) is 0.479. The number of aromatic amines is 1. The Balaban J connectivity index is 1.31. The minimum atomic E-state index is -0.309. The third-order valence-corrected chi connectivity index (χ3v) is 6.51. The van der Waals surface area contributed by atoms with E-state index in [1.54, 1.807) is 18.3 Å². The number of hydrogen-bond acceptors (Lipinski definition) is 4. The van der Waals surface area contributed by atoms with Crippen LogP contribution in [-0.2, 0) is 16.8 Å². The standard InChI is InChI=1S/C24H28N6O3/c1-24(2)13-26-23(33)18-9-14-7-8-15(10-17(14)30(18)24)22(32)29-20-12-25-19(28-20)11-21(31)27-16-5-3-4-6-16/h7-10,12,16H,3-6,11,13H2,1-2H3,(H,25,28)(H,26,33)(H,27,31)(H,29,32). The smallest absolute Gasteiger partial charge is 0.268 e. The minimum Gasteiger partial charge on any atom is -0.353 e. The molecule has 1 aromatic carbocycles. The maximum atomic E-state index is 12.9. The van der Waals surface area contributed by atoms with Gasteiger partial charge in [-0.25, -0.2) is 4.98 Å². The third kappa shape index (κ3) is 4.10. The lowest BCUT2D eigenvalue weighted by molar-refractivity contribution is -0.121. The number of nitrogens with zero attached hydrogens (tertiary/aromatic N) is 2. The summed E-state index contributed by atoms with van der Waals surface area (Å²) >= 11 is 0. The zero-order valence-corrected chi connectivity index (χ0v) is 18.8. The molecule has 5 rings (SSSR count). The van der Waals surface area contributed by atoms with E-state index in [0.29, 0.717) is 29.4 Å². The molecule has 3 aromatic rings. The van der Waals surface area contributed by atoms with Gasteiger partial charge < -0.3 is 25.5 Å². The first-order chi connectivity index (χ1) is 15.8. The van der Waals surface area contributed by atoms with Crippen molar-refractivity contribution in [2.45, 2.75) is 57.5 Å². The number of anilines is 1. The van der Waals surface area contributed by atoms with E-state index in [9.17, 15) is 14.4 Å². The van der Waals surface area contributed by atoms with Gasteiger partial charge in [0.05, 0.1) is 12.0 Å². The fourth-order valence-corrected chi connectivity index (χ4v) is 4.83. The van der Waals surface area contributed by atoms with Crippen molar-refractivity contribution in [2.75, 3.05) is 11.9 Å². The lowest BCUT2D eigenvalue weighted by atomic mass is 10.0. The number of carbonyl (C=O) groups excluding carboxylic acids is 3. The van der Waals surface area contributed by atoms with Gasteiger partial charge in [-0.1, -0.05) is 18.9 Å². The van der Waals surface area contributed by atoms with Gasteiger partial charge in [0.2, 0.25) is 5.91 Å². The van der Waals surface area contributed by atoms with Crippen molar-refractivity contribution in [1.82, 2.24) is 25.2 Å². The van der Waals surface area contributed by atoms with E-state index in [4.69, 9.17) is 0 Å². The maximum Gasteiger partial charge on any atom is 0.268 e. The molecular weight excluding hydrogens is 420 g/mol. The summed E-state index contributed by atoms with van der Waals surface area (Å²) in [7, 11) is 0. The highest BCUT2D eigenvalue weighted by atomic mass is 16.2. The predicted octanol–water partition coefficient (Wildman–Crippen LogP) is 2.70. The van der Waals surface area contributed by atoms with E-state index in [1.165, 1.54) is 0 Å². The first kappa shape index (κ1) is 21.2. The van der Waals surface area contributed by atoms with E-state index < -0.39 is 0 Å². The molecule has 172 valence electrons. The third-order valence-electron chi connectivity index (χ3n) is 6.51. The van der Waals surface area contributed by atoms with Crippen LogP contribution in [-0.4, -0.2) is 44.8 Å². The number of H-pyrrole nitrogens is 1. The van der Waals surface area contributed by atoms with Crippen LogP contribution in [0.4, 0.5) is 5.82 Å². The average Bonchev–Trinajstić information content (AvgIpc) is 3.51. The lowest BCUT2D eigenvalue weighted by Gasteiger charge is -2.34. The summed E-state index contributed by atoms with van der Waals surface area (Å²) in [6.45, 7) is 4.62. The minimum absolute atomic E-state index is 0.0655. The Morgan fingerprint density at radius 1 is 1.21 bits per heavy atom. The van der Waals surface area contributed by atoms with Crippen molar-refractivity contribution in [3.05, 3.63) is 47.5 Å². The summed E-state index contributed by atoms with van der Waals surface area (Å²) in [5.41, 5.74) is 1.58. The van der Waals surface area contributed by atoms with Crippen LogP contribution >= 0.6 is 0 Å². The van der Waals surface area contributed by atoms with Crippen LogP contribution in [0.15, 0.2) is 30.5 Å². The van der Waals surface area contributed by atoms with Crippen molar-refractivity contribution in [3.63, 3.8) is 0 Å². The molecule has 9 nitrogen and oxygen atoms in total. The maximum absolute atomic E-state index is 12.9. The van der Waals surface area contributed by atoms with Gasteiger partial charge in [0, 0.05) is 35.2 Å². The molecule has 2 aliphatic rings. The van der Waals surface area contributed by atoms with Gasteiger partial charge >= 0.3 is 0 Å². The fourth-order valence-electron chi connectivity index (χ4n) is 4.83. The molecule has 0 bridgehead atoms. The highest BCUT2D eigenvalue weighted by Crippen LogP contribution is 2.31. The molecule has 1 aliphatic heterocycles. The summed E-state index contributed by atoms with van der Waals surface area (Å²) in [6, 6.07) is 7.50. The first-order valence-corrected chi connectivity index (χ1v) is 11.4. The molecule has 0 unspecified atom stereocenters. The molecular formula is C24H28N6O3. The van der Waals surface area contributed by atoms with Gasteiger partial charge in [-0.2, -0.15) is 0 Å². The number of rotatable bonds is 5. The fraction of sp³-hybridized carbons (Fsp3) is 0.417. The van der Waals surface area contributed by atoms with Crippen LogP contribution in [0.1, 0.15) is 66.2 Å². The Labute approximate surface area is 191 Å². The van der Waals surface area contributed by atoms with E-state index in [1.807, 2.05) is 16.7 Å². The Kier molecular flexibility index (Phi) is 5.19. The molecule has 1 saturated carbocycles. The zero-order chi connectivity index (χ0) is 23.2. The number of aromatic nitrogens is 3. The number of nitrogens with one attached hydrogen (secondary N) is 4. The van der Waals surface area contributed by atoms with Crippen molar-refractivity contribution in [2.24, 2.45) is 0 Å². The molecule has 4 N–H and O–H groups in total. The topological polar surface area (TPSA) is 121 Å². The number of amides is 3. The molecule has 1 aliphatic carbocycles. The second-order valence-electron chi connectivity index (χ2n) is 9.55. The summed E-state index contributed by atoms with van der Waals surface area (Å²) in [5.74, 6) is 0.381. The van der Waals surface area contributed by atoms with Crippen molar-refractivity contribution < 1.29 is 14.4 Å². The van der Waals surface area contributed by atoms with Gasteiger partial charge in [-0.3, -0.25) is 14.4 Å². The molecule has 0 spiro atoms. The lowest BCUT2D eigenvalue weighted by Crippen LogP contribution is -2.47. The van der Waals surface area contributed by atoms with Crippen LogP contribution in [0.3, 0.4) is 0 Å². The highest BCUT2D eigenvalue weighted by molar-refractivity contribution is 6.07. The molecule has 1 fully saturated rings. The van der Waals surface area contributed by atoms with Crippen molar-refractivity contribution >= 4 is 34.4 Å². The van der Waals surface area contributed by atoms with Crippen LogP contribution in [0.2, 0.25) is 0 Å². The first-order valence-electron chi connectivity index (χ1n) is 11.4.